The van der Waals surface area contributed by atoms with Gasteiger partial charge in [0.15, 0.2) is 0 Å². The lowest BCUT2D eigenvalue weighted by atomic mass is 10.3. The summed E-state index contributed by atoms with van der Waals surface area (Å²) in [6.07, 6.45) is 0. The fraction of sp³-hybridized carbons (Fsp3) is 0.556. The number of aromatic nitrogens is 2. The van der Waals surface area contributed by atoms with Crippen molar-refractivity contribution < 1.29 is 4.79 Å². The van der Waals surface area contributed by atoms with Crippen LogP contribution in [0.5, 0.6) is 0 Å². The number of halogens is 1. The zero-order chi connectivity index (χ0) is 10.6. The second-order valence-corrected chi connectivity index (χ2v) is 3.31. The van der Waals surface area contributed by atoms with E-state index in [1.54, 1.807) is 10.7 Å². The van der Waals surface area contributed by atoms with E-state index in [2.05, 4.69) is 10.4 Å². The zero-order valence-electron chi connectivity index (χ0n) is 8.38. The Morgan fingerprint density at radius 2 is 2.43 bits per heavy atom. The predicted octanol–water partition coefficient (Wildman–Crippen LogP) is 1.18. The minimum absolute atomic E-state index is 0.117. The molecule has 4 nitrogen and oxygen atoms in total. The van der Waals surface area contributed by atoms with E-state index < -0.39 is 0 Å². The Kier molecular flexibility index (Phi) is 3.95. The SMILES string of the molecule is CCn1nc(C)cc1C(=O)NCCCl. The summed E-state index contributed by atoms with van der Waals surface area (Å²) >= 11 is 5.47. The third-order valence-corrected chi connectivity index (χ3v) is 2.00. The largest absolute Gasteiger partial charge is 0.350 e. The molecule has 0 radical (unpaired) electrons. The van der Waals surface area contributed by atoms with Gasteiger partial charge in [0.2, 0.25) is 0 Å². The highest BCUT2D eigenvalue weighted by Gasteiger charge is 2.11. The highest BCUT2D eigenvalue weighted by atomic mass is 35.5. The first-order valence-electron chi connectivity index (χ1n) is 4.57. The molecule has 0 unspecified atom stereocenters. The van der Waals surface area contributed by atoms with Gasteiger partial charge in [-0.1, -0.05) is 0 Å². The fourth-order valence-electron chi connectivity index (χ4n) is 1.22. The summed E-state index contributed by atoms with van der Waals surface area (Å²) in [4.78, 5) is 11.6. The van der Waals surface area contributed by atoms with E-state index in [4.69, 9.17) is 11.6 Å². The van der Waals surface area contributed by atoms with Gasteiger partial charge < -0.3 is 5.32 Å². The summed E-state index contributed by atoms with van der Waals surface area (Å²) in [7, 11) is 0. The molecule has 0 saturated carbocycles. The Hall–Kier alpha value is -1.03. The van der Waals surface area contributed by atoms with Crippen molar-refractivity contribution in [3.63, 3.8) is 0 Å². The van der Waals surface area contributed by atoms with E-state index in [-0.39, 0.29) is 5.91 Å². The number of rotatable bonds is 4. The molecule has 0 spiro atoms. The fourth-order valence-corrected chi connectivity index (χ4v) is 1.32. The van der Waals surface area contributed by atoms with Crippen LogP contribution in [0.2, 0.25) is 0 Å². The second-order valence-electron chi connectivity index (χ2n) is 2.93. The third-order valence-electron chi connectivity index (χ3n) is 1.81. The van der Waals surface area contributed by atoms with Crippen molar-refractivity contribution in [1.29, 1.82) is 0 Å². The number of aryl methyl sites for hydroxylation is 2. The number of nitrogens with zero attached hydrogens (tertiary/aromatic N) is 2. The molecule has 1 rings (SSSR count). The molecule has 5 heteroatoms. The third kappa shape index (κ3) is 2.48. The number of hydrogen-bond donors (Lipinski definition) is 1. The number of nitrogens with one attached hydrogen (secondary N) is 1. The van der Waals surface area contributed by atoms with Gasteiger partial charge in [0, 0.05) is 19.0 Å². The molecule has 1 aromatic rings. The van der Waals surface area contributed by atoms with Gasteiger partial charge in [-0.15, -0.1) is 11.6 Å². The van der Waals surface area contributed by atoms with Gasteiger partial charge in [0.05, 0.1) is 5.69 Å². The molecule has 1 heterocycles. The first-order chi connectivity index (χ1) is 6.69. The summed E-state index contributed by atoms with van der Waals surface area (Å²) in [5.41, 5.74) is 1.44. The summed E-state index contributed by atoms with van der Waals surface area (Å²) in [6.45, 7) is 4.99. The van der Waals surface area contributed by atoms with E-state index in [9.17, 15) is 4.79 Å². The highest BCUT2D eigenvalue weighted by molar-refractivity contribution is 6.18. The lowest BCUT2D eigenvalue weighted by Gasteiger charge is -2.04. The van der Waals surface area contributed by atoms with Crippen LogP contribution in [0, 0.1) is 6.92 Å². The molecular weight excluding hydrogens is 202 g/mol. The molecule has 0 saturated heterocycles. The van der Waals surface area contributed by atoms with Gasteiger partial charge in [-0.3, -0.25) is 9.48 Å². The normalized spacial score (nSPS) is 10.2. The summed E-state index contributed by atoms with van der Waals surface area (Å²) in [5, 5.41) is 6.89. The molecule has 0 bridgehead atoms. The van der Waals surface area contributed by atoms with Gasteiger partial charge in [0.1, 0.15) is 5.69 Å². The van der Waals surface area contributed by atoms with Gasteiger partial charge in [-0.05, 0) is 19.9 Å². The van der Waals surface area contributed by atoms with Crippen molar-refractivity contribution in [2.75, 3.05) is 12.4 Å². The summed E-state index contributed by atoms with van der Waals surface area (Å²) in [5.74, 6) is 0.304. The Bertz CT molecular complexity index is 322. The van der Waals surface area contributed by atoms with E-state index in [1.165, 1.54) is 0 Å². The molecule has 14 heavy (non-hydrogen) atoms. The Labute approximate surface area is 88.2 Å². The van der Waals surface area contributed by atoms with E-state index in [0.717, 1.165) is 5.69 Å². The molecule has 1 aromatic heterocycles. The van der Waals surface area contributed by atoms with Crippen molar-refractivity contribution in [2.45, 2.75) is 20.4 Å². The van der Waals surface area contributed by atoms with Crippen molar-refractivity contribution >= 4 is 17.5 Å². The molecule has 0 atom stereocenters. The Balaban J connectivity index is 2.77. The molecule has 0 aliphatic carbocycles. The molecule has 0 aliphatic heterocycles. The standard InChI is InChI=1S/C9H14ClN3O/c1-3-13-8(6-7(2)12-13)9(14)11-5-4-10/h6H,3-5H2,1-2H3,(H,11,14). The van der Waals surface area contributed by atoms with Crippen LogP contribution < -0.4 is 5.32 Å². The zero-order valence-corrected chi connectivity index (χ0v) is 9.14. The topological polar surface area (TPSA) is 46.9 Å². The maximum absolute atomic E-state index is 11.6. The molecular formula is C9H14ClN3O. The van der Waals surface area contributed by atoms with Crippen molar-refractivity contribution in [2.24, 2.45) is 0 Å². The van der Waals surface area contributed by atoms with Gasteiger partial charge in [-0.25, -0.2) is 0 Å². The first-order valence-corrected chi connectivity index (χ1v) is 5.11. The number of carbonyl (C=O) groups excluding carboxylic acids is 1. The quantitative estimate of drug-likeness (QED) is 0.767. The van der Waals surface area contributed by atoms with Crippen LogP contribution in [-0.2, 0) is 6.54 Å². The maximum atomic E-state index is 11.6. The van der Waals surface area contributed by atoms with Crippen LogP contribution in [-0.4, -0.2) is 28.1 Å². The van der Waals surface area contributed by atoms with E-state index in [0.29, 0.717) is 24.7 Å². The Morgan fingerprint density at radius 3 is 3.00 bits per heavy atom. The second kappa shape index (κ2) is 5.00. The number of amides is 1. The van der Waals surface area contributed by atoms with Crippen molar-refractivity contribution in [3.8, 4) is 0 Å². The predicted molar refractivity (Wildman–Crippen MR) is 55.7 cm³/mol. The molecule has 0 fully saturated rings. The van der Waals surface area contributed by atoms with Crippen LogP contribution >= 0.6 is 11.6 Å². The summed E-state index contributed by atoms with van der Waals surface area (Å²) in [6, 6.07) is 1.77. The molecule has 0 aliphatic rings. The molecule has 0 aromatic carbocycles. The van der Waals surface area contributed by atoms with Crippen molar-refractivity contribution in [1.82, 2.24) is 15.1 Å². The van der Waals surface area contributed by atoms with E-state index in [1.807, 2.05) is 13.8 Å². The number of hydrogen-bond acceptors (Lipinski definition) is 2. The van der Waals surface area contributed by atoms with Crippen LogP contribution in [0.15, 0.2) is 6.07 Å². The molecule has 1 amide bonds. The van der Waals surface area contributed by atoms with Crippen LogP contribution in [0.4, 0.5) is 0 Å². The lowest BCUT2D eigenvalue weighted by Crippen LogP contribution is -2.27. The average molecular weight is 216 g/mol. The van der Waals surface area contributed by atoms with Crippen molar-refractivity contribution in [3.05, 3.63) is 17.5 Å². The smallest absolute Gasteiger partial charge is 0.269 e. The Morgan fingerprint density at radius 1 is 1.71 bits per heavy atom. The minimum atomic E-state index is -0.117. The molecule has 78 valence electrons. The first kappa shape index (κ1) is 11.0. The monoisotopic (exact) mass is 215 g/mol. The van der Waals surface area contributed by atoms with Crippen LogP contribution in [0.1, 0.15) is 23.1 Å². The van der Waals surface area contributed by atoms with E-state index >= 15 is 0 Å². The lowest BCUT2D eigenvalue weighted by molar-refractivity contribution is 0.0945. The number of alkyl halides is 1. The van der Waals surface area contributed by atoms with Crippen LogP contribution in [0.3, 0.4) is 0 Å². The highest BCUT2D eigenvalue weighted by Crippen LogP contribution is 2.03. The molecule has 1 N–H and O–H groups in total. The average Bonchev–Trinajstić information content (AvgIpc) is 2.56. The summed E-state index contributed by atoms with van der Waals surface area (Å²) < 4.78 is 1.68. The number of carbonyl (C=O) groups is 1. The minimum Gasteiger partial charge on any atom is -0.350 e. The van der Waals surface area contributed by atoms with Gasteiger partial charge in [0.25, 0.3) is 5.91 Å². The maximum Gasteiger partial charge on any atom is 0.269 e. The van der Waals surface area contributed by atoms with Gasteiger partial charge in [-0.2, -0.15) is 5.10 Å². The van der Waals surface area contributed by atoms with Gasteiger partial charge >= 0.3 is 0 Å². The van der Waals surface area contributed by atoms with Crippen LogP contribution in [0.25, 0.3) is 0 Å².